The Labute approximate surface area is 94.5 Å². The number of carbonyl (C=O) groups is 1. The topological polar surface area (TPSA) is 48.7 Å². The summed E-state index contributed by atoms with van der Waals surface area (Å²) in [4.78, 5) is 11.4. The van der Waals surface area contributed by atoms with Gasteiger partial charge in [0.25, 0.3) is 0 Å². The zero-order valence-corrected chi connectivity index (χ0v) is 9.19. The van der Waals surface area contributed by atoms with Crippen LogP contribution in [0.3, 0.4) is 0 Å². The molecule has 4 nitrogen and oxygen atoms in total. The number of ether oxygens (including phenoxy) is 2. The van der Waals surface area contributed by atoms with E-state index < -0.39 is 0 Å². The Kier molecular flexibility index (Phi) is 3.99. The maximum Gasteiger partial charge on any atom is 0.313 e. The third-order valence-electron chi connectivity index (χ3n) is 2.63. The fraction of sp³-hybridized carbons (Fsp3) is 0.583. The molecule has 1 atom stereocenters. The van der Waals surface area contributed by atoms with Crippen molar-refractivity contribution >= 4 is 5.97 Å². The fourth-order valence-electron chi connectivity index (χ4n) is 1.78. The molecule has 1 aromatic rings. The van der Waals surface area contributed by atoms with Gasteiger partial charge in [0.1, 0.15) is 12.2 Å². The molecule has 0 saturated carbocycles. The molecule has 0 amide bonds. The first kappa shape index (κ1) is 11.2. The average Bonchev–Trinajstić information content (AvgIpc) is 2.90. The standard InChI is InChI=1S/C12H16O4/c13-12(9-11-4-2-7-15-11)16-8-5-10-3-1-6-14-10/h2,4,7,10H,1,3,5-6,8-9H2/t10-/m1/s1. The second kappa shape index (κ2) is 5.70. The first-order valence-electron chi connectivity index (χ1n) is 5.64. The Morgan fingerprint density at radius 2 is 2.50 bits per heavy atom. The second-order valence-corrected chi connectivity index (χ2v) is 3.90. The summed E-state index contributed by atoms with van der Waals surface area (Å²) in [6, 6.07) is 3.52. The number of rotatable bonds is 5. The van der Waals surface area contributed by atoms with Crippen LogP contribution in [0.2, 0.25) is 0 Å². The van der Waals surface area contributed by atoms with Gasteiger partial charge in [-0.05, 0) is 25.0 Å². The largest absolute Gasteiger partial charge is 0.469 e. The van der Waals surface area contributed by atoms with Gasteiger partial charge in [0, 0.05) is 13.0 Å². The molecule has 0 spiro atoms. The van der Waals surface area contributed by atoms with Crippen LogP contribution in [-0.4, -0.2) is 25.3 Å². The average molecular weight is 224 g/mol. The molecule has 1 saturated heterocycles. The molecular formula is C12H16O4. The predicted octanol–water partition coefficient (Wildman–Crippen LogP) is 1.93. The third kappa shape index (κ3) is 3.38. The Balaban J connectivity index is 1.60. The van der Waals surface area contributed by atoms with Crippen molar-refractivity contribution in [2.24, 2.45) is 0 Å². The lowest BCUT2D eigenvalue weighted by Gasteiger charge is -2.09. The highest BCUT2D eigenvalue weighted by Crippen LogP contribution is 2.15. The van der Waals surface area contributed by atoms with Crippen molar-refractivity contribution in [1.29, 1.82) is 0 Å². The van der Waals surface area contributed by atoms with E-state index in [2.05, 4.69) is 0 Å². The van der Waals surface area contributed by atoms with Crippen molar-refractivity contribution in [3.05, 3.63) is 24.2 Å². The minimum Gasteiger partial charge on any atom is -0.469 e. The minimum atomic E-state index is -0.243. The SMILES string of the molecule is O=C(Cc1ccco1)OCC[C@H]1CCCO1. The Morgan fingerprint density at radius 3 is 3.19 bits per heavy atom. The molecule has 0 bridgehead atoms. The number of hydrogen-bond acceptors (Lipinski definition) is 4. The third-order valence-corrected chi connectivity index (χ3v) is 2.63. The summed E-state index contributed by atoms with van der Waals surface area (Å²) in [5, 5.41) is 0. The summed E-state index contributed by atoms with van der Waals surface area (Å²) in [6.07, 6.45) is 5.02. The summed E-state index contributed by atoms with van der Waals surface area (Å²) >= 11 is 0. The van der Waals surface area contributed by atoms with Crippen LogP contribution < -0.4 is 0 Å². The zero-order valence-electron chi connectivity index (χ0n) is 9.19. The lowest BCUT2D eigenvalue weighted by atomic mass is 10.2. The summed E-state index contributed by atoms with van der Waals surface area (Å²) in [5.41, 5.74) is 0. The van der Waals surface area contributed by atoms with Gasteiger partial charge < -0.3 is 13.9 Å². The van der Waals surface area contributed by atoms with E-state index in [-0.39, 0.29) is 18.5 Å². The van der Waals surface area contributed by atoms with Crippen LogP contribution in [0.5, 0.6) is 0 Å². The van der Waals surface area contributed by atoms with E-state index in [9.17, 15) is 4.79 Å². The molecule has 4 heteroatoms. The highest BCUT2D eigenvalue weighted by molar-refractivity contribution is 5.71. The van der Waals surface area contributed by atoms with Crippen LogP contribution in [0.15, 0.2) is 22.8 Å². The first-order valence-corrected chi connectivity index (χ1v) is 5.64. The van der Waals surface area contributed by atoms with Crippen LogP contribution in [0, 0.1) is 0 Å². The summed E-state index contributed by atoms with van der Waals surface area (Å²) in [6.45, 7) is 1.27. The summed E-state index contributed by atoms with van der Waals surface area (Å²) < 4.78 is 15.6. The van der Waals surface area contributed by atoms with Crippen molar-refractivity contribution in [2.75, 3.05) is 13.2 Å². The second-order valence-electron chi connectivity index (χ2n) is 3.90. The van der Waals surface area contributed by atoms with Crippen LogP contribution in [0.1, 0.15) is 25.0 Å². The molecule has 0 unspecified atom stereocenters. The van der Waals surface area contributed by atoms with Gasteiger partial charge in [0.2, 0.25) is 0 Å². The molecule has 0 radical (unpaired) electrons. The van der Waals surface area contributed by atoms with Gasteiger partial charge in [0.05, 0.1) is 19.0 Å². The van der Waals surface area contributed by atoms with Crippen molar-refractivity contribution < 1.29 is 18.7 Å². The Bertz CT molecular complexity index is 312. The molecule has 0 N–H and O–H groups in total. The highest BCUT2D eigenvalue weighted by Gasteiger charge is 2.16. The van der Waals surface area contributed by atoms with Crippen molar-refractivity contribution in [3.63, 3.8) is 0 Å². The molecule has 0 aliphatic carbocycles. The van der Waals surface area contributed by atoms with E-state index in [0.717, 1.165) is 25.9 Å². The van der Waals surface area contributed by atoms with E-state index in [1.54, 1.807) is 18.4 Å². The number of carbonyl (C=O) groups excluding carboxylic acids is 1. The van der Waals surface area contributed by atoms with Gasteiger partial charge in [-0.3, -0.25) is 4.79 Å². The van der Waals surface area contributed by atoms with Crippen LogP contribution in [-0.2, 0) is 20.7 Å². The highest BCUT2D eigenvalue weighted by atomic mass is 16.5. The maximum atomic E-state index is 11.4. The molecule has 1 aliphatic rings. The quantitative estimate of drug-likeness (QED) is 0.717. The molecular weight excluding hydrogens is 208 g/mol. The summed E-state index contributed by atoms with van der Waals surface area (Å²) in [7, 11) is 0. The first-order chi connectivity index (χ1) is 7.84. The Hall–Kier alpha value is -1.29. The minimum absolute atomic E-state index is 0.207. The van der Waals surface area contributed by atoms with E-state index in [4.69, 9.17) is 13.9 Å². The lowest BCUT2D eigenvalue weighted by molar-refractivity contribution is -0.143. The smallest absolute Gasteiger partial charge is 0.313 e. The molecule has 0 aromatic carbocycles. The van der Waals surface area contributed by atoms with Gasteiger partial charge in [-0.1, -0.05) is 0 Å². The van der Waals surface area contributed by atoms with E-state index >= 15 is 0 Å². The van der Waals surface area contributed by atoms with Crippen molar-refractivity contribution in [2.45, 2.75) is 31.8 Å². The molecule has 2 heterocycles. The molecule has 1 aliphatic heterocycles. The van der Waals surface area contributed by atoms with Crippen LogP contribution >= 0.6 is 0 Å². The maximum absolute atomic E-state index is 11.4. The summed E-state index contributed by atoms with van der Waals surface area (Å²) in [5.74, 6) is 0.398. The number of esters is 1. The molecule has 1 fully saturated rings. The van der Waals surface area contributed by atoms with Gasteiger partial charge in [-0.15, -0.1) is 0 Å². The number of furan rings is 1. The molecule has 1 aromatic heterocycles. The van der Waals surface area contributed by atoms with Gasteiger partial charge in [-0.2, -0.15) is 0 Å². The van der Waals surface area contributed by atoms with Gasteiger partial charge >= 0.3 is 5.97 Å². The molecule has 16 heavy (non-hydrogen) atoms. The molecule has 2 rings (SSSR count). The van der Waals surface area contributed by atoms with Crippen LogP contribution in [0.25, 0.3) is 0 Å². The number of hydrogen-bond donors (Lipinski definition) is 0. The zero-order chi connectivity index (χ0) is 11.2. The normalized spacial score (nSPS) is 19.9. The predicted molar refractivity (Wildman–Crippen MR) is 57.0 cm³/mol. The van der Waals surface area contributed by atoms with Gasteiger partial charge in [0.15, 0.2) is 0 Å². The van der Waals surface area contributed by atoms with Gasteiger partial charge in [-0.25, -0.2) is 0 Å². The fourth-order valence-corrected chi connectivity index (χ4v) is 1.78. The van der Waals surface area contributed by atoms with E-state index in [1.165, 1.54) is 0 Å². The van der Waals surface area contributed by atoms with E-state index in [0.29, 0.717) is 12.4 Å². The van der Waals surface area contributed by atoms with Crippen molar-refractivity contribution in [1.82, 2.24) is 0 Å². The lowest BCUT2D eigenvalue weighted by Crippen LogP contribution is -2.13. The van der Waals surface area contributed by atoms with Crippen molar-refractivity contribution in [3.8, 4) is 0 Å². The monoisotopic (exact) mass is 224 g/mol. The van der Waals surface area contributed by atoms with E-state index in [1.807, 2.05) is 0 Å². The van der Waals surface area contributed by atoms with Crippen LogP contribution in [0.4, 0.5) is 0 Å². The molecule has 88 valence electrons. The Morgan fingerprint density at radius 1 is 1.56 bits per heavy atom.